The van der Waals surface area contributed by atoms with Crippen LogP contribution in [0.25, 0.3) is 0 Å². The van der Waals surface area contributed by atoms with E-state index in [4.69, 9.17) is 11.6 Å². The minimum Gasteiger partial charge on any atom is -0.327 e. The van der Waals surface area contributed by atoms with Gasteiger partial charge in [0.25, 0.3) is 0 Å². The predicted octanol–water partition coefficient (Wildman–Crippen LogP) is 3.25. The maximum Gasteiger partial charge on any atom is 0.316 e. The smallest absolute Gasteiger partial charge is 0.316 e. The molecule has 0 atom stereocenters. The fourth-order valence-corrected chi connectivity index (χ4v) is 1.36. The highest BCUT2D eigenvalue weighted by Crippen LogP contribution is 2.06. The number of rotatable bonds is 5. The van der Waals surface area contributed by atoms with E-state index in [0.29, 0.717) is 0 Å². The number of unbranched alkanes of at least 4 members (excludes halogenated alkanes) is 2. The van der Waals surface area contributed by atoms with Gasteiger partial charge in [0.05, 0.1) is 0 Å². The first-order chi connectivity index (χ1) is 5.59. The number of hydrogen-bond acceptors (Lipinski definition) is 1. The summed E-state index contributed by atoms with van der Waals surface area (Å²) < 4.78 is 0. The van der Waals surface area contributed by atoms with Crippen LogP contribution in [-0.4, -0.2) is 22.9 Å². The lowest BCUT2D eigenvalue weighted by molar-refractivity contribution is 0.206. The van der Waals surface area contributed by atoms with Gasteiger partial charge in [0.2, 0.25) is 0 Å². The molecule has 1 amide bonds. The average Bonchev–Trinajstić information content (AvgIpc) is 1.96. The van der Waals surface area contributed by atoms with Crippen molar-refractivity contribution < 1.29 is 4.79 Å². The first kappa shape index (κ1) is 11.8. The van der Waals surface area contributed by atoms with Gasteiger partial charge in [0.15, 0.2) is 0 Å². The highest BCUT2D eigenvalue weighted by molar-refractivity contribution is 6.62. The topological polar surface area (TPSA) is 20.3 Å². The molecule has 0 aliphatic rings. The molecule has 0 bridgehead atoms. The van der Waals surface area contributed by atoms with Gasteiger partial charge in [-0.15, -0.1) is 0 Å². The Kier molecular flexibility index (Phi) is 6.17. The molecular formula is C9H18ClNO. The fraction of sp³-hybridized carbons (Fsp3) is 0.889. The van der Waals surface area contributed by atoms with Gasteiger partial charge in [-0.1, -0.05) is 19.8 Å². The molecule has 0 spiro atoms. The van der Waals surface area contributed by atoms with Crippen molar-refractivity contribution in [2.75, 3.05) is 6.54 Å². The van der Waals surface area contributed by atoms with Crippen LogP contribution in [-0.2, 0) is 0 Å². The summed E-state index contributed by atoms with van der Waals surface area (Å²) in [5.41, 5.74) is 0. The first-order valence-corrected chi connectivity index (χ1v) is 4.93. The third-order valence-corrected chi connectivity index (χ3v) is 2.07. The maximum atomic E-state index is 10.9. The molecule has 0 heterocycles. The van der Waals surface area contributed by atoms with Crippen LogP contribution in [0.15, 0.2) is 0 Å². The molecule has 12 heavy (non-hydrogen) atoms. The molecule has 0 fully saturated rings. The Morgan fingerprint density at radius 1 is 1.42 bits per heavy atom. The summed E-state index contributed by atoms with van der Waals surface area (Å²) in [6.07, 6.45) is 3.38. The van der Waals surface area contributed by atoms with Gasteiger partial charge in [-0.3, -0.25) is 4.79 Å². The molecule has 0 aliphatic heterocycles. The van der Waals surface area contributed by atoms with Gasteiger partial charge in [-0.2, -0.15) is 0 Å². The third kappa shape index (κ3) is 4.60. The van der Waals surface area contributed by atoms with Gasteiger partial charge >= 0.3 is 5.37 Å². The summed E-state index contributed by atoms with van der Waals surface area (Å²) in [4.78, 5) is 12.6. The zero-order valence-electron chi connectivity index (χ0n) is 8.14. The molecule has 0 unspecified atom stereocenters. The van der Waals surface area contributed by atoms with E-state index in [9.17, 15) is 4.79 Å². The zero-order chi connectivity index (χ0) is 9.56. The van der Waals surface area contributed by atoms with Crippen molar-refractivity contribution in [3.8, 4) is 0 Å². The molecular weight excluding hydrogens is 174 g/mol. The lowest BCUT2D eigenvalue weighted by Gasteiger charge is -2.23. The standard InChI is InChI=1S/C9H18ClNO/c1-4-5-6-7-11(8(2)3)9(10)12/h8H,4-7H2,1-3H3. The molecule has 0 saturated carbocycles. The van der Waals surface area contributed by atoms with Crippen LogP contribution in [0.1, 0.15) is 40.0 Å². The Bertz CT molecular complexity index is 136. The summed E-state index contributed by atoms with van der Waals surface area (Å²) in [6, 6.07) is 0.215. The summed E-state index contributed by atoms with van der Waals surface area (Å²) >= 11 is 5.40. The molecule has 0 aromatic carbocycles. The van der Waals surface area contributed by atoms with Crippen LogP contribution in [0.5, 0.6) is 0 Å². The van der Waals surface area contributed by atoms with Crippen LogP contribution in [0.4, 0.5) is 4.79 Å². The van der Waals surface area contributed by atoms with Crippen molar-refractivity contribution in [2.24, 2.45) is 0 Å². The van der Waals surface area contributed by atoms with Crippen molar-refractivity contribution in [3.05, 3.63) is 0 Å². The maximum absolute atomic E-state index is 10.9. The van der Waals surface area contributed by atoms with Gasteiger partial charge in [0.1, 0.15) is 0 Å². The first-order valence-electron chi connectivity index (χ1n) is 4.55. The van der Waals surface area contributed by atoms with E-state index in [2.05, 4.69) is 6.92 Å². The number of carbonyl (C=O) groups excluding carboxylic acids is 1. The Morgan fingerprint density at radius 2 is 2.00 bits per heavy atom. The van der Waals surface area contributed by atoms with E-state index in [1.165, 1.54) is 6.42 Å². The van der Waals surface area contributed by atoms with Crippen LogP contribution in [0.3, 0.4) is 0 Å². The number of nitrogens with zero attached hydrogens (tertiary/aromatic N) is 1. The predicted molar refractivity (Wildman–Crippen MR) is 52.6 cm³/mol. The van der Waals surface area contributed by atoms with E-state index in [1.807, 2.05) is 13.8 Å². The van der Waals surface area contributed by atoms with Crippen molar-refractivity contribution >= 4 is 17.0 Å². The number of amides is 1. The Morgan fingerprint density at radius 3 is 2.33 bits per heavy atom. The SMILES string of the molecule is CCCCCN(C(=O)Cl)C(C)C. The molecule has 0 saturated heterocycles. The second-order valence-corrected chi connectivity index (χ2v) is 3.57. The highest BCUT2D eigenvalue weighted by atomic mass is 35.5. The van der Waals surface area contributed by atoms with Gasteiger partial charge in [0, 0.05) is 12.6 Å². The van der Waals surface area contributed by atoms with Crippen LogP contribution in [0.2, 0.25) is 0 Å². The quantitative estimate of drug-likeness (QED) is 0.371. The van der Waals surface area contributed by atoms with Crippen molar-refractivity contribution in [2.45, 2.75) is 46.1 Å². The molecule has 0 aromatic rings. The van der Waals surface area contributed by atoms with Gasteiger partial charge in [-0.05, 0) is 31.9 Å². The Hall–Kier alpha value is -0.240. The second-order valence-electron chi connectivity index (χ2n) is 3.25. The van der Waals surface area contributed by atoms with Crippen molar-refractivity contribution in [1.82, 2.24) is 4.90 Å². The Balaban J connectivity index is 3.72. The monoisotopic (exact) mass is 191 g/mol. The Labute approximate surface area is 79.9 Å². The summed E-state index contributed by atoms with van der Waals surface area (Å²) in [5, 5.41) is -0.332. The van der Waals surface area contributed by atoms with E-state index in [0.717, 1.165) is 19.4 Å². The van der Waals surface area contributed by atoms with E-state index < -0.39 is 0 Å². The zero-order valence-corrected chi connectivity index (χ0v) is 8.90. The van der Waals surface area contributed by atoms with Gasteiger partial charge in [-0.25, -0.2) is 0 Å². The molecule has 3 heteroatoms. The van der Waals surface area contributed by atoms with E-state index in [-0.39, 0.29) is 11.4 Å². The highest BCUT2D eigenvalue weighted by Gasteiger charge is 2.12. The normalized spacial score (nSPS) is 10.4. The second kappa shape index (κ2) is 6.30. The van der Waals surface area contributed by atoms with Crippen LogP contribution < -0.4 is 0 Å². The summed E-state index contributed by atoms with van der Waals surface area (Å²) in [6.45, 7) is 6.88. The average molecular weight is 192 g/mol. The third-order valence-electron chi connectivity index (χ3n) is 1.85. The van der Waals surface area contributed by atoms with Crippen LogP contribution in [0, 0.1) is 0 Å². The molecule has 0 aliphatic carbocycles. The fourth-order valence-electron chi connectivity index (χ4n) is 1.08. The number of hydrogen-bond donors (Lipinski definition) is 0. The number of halogens is 1. The van der Waals surface area contributed by atoms with Crippen LogP contribution >= 0.6 is 11.6 Å². The minimum atomic E-state index is -0.332. The molecule has 0 N–H and O–H groups in total. The van der Waals surface area contributed by atoms with E-state index >= 15 is 0 Å². The summed E-state index contributed by atoms with van der Waals surface area (Å²) in [7, 11) is 0. The van der Waals surface area contributed by atoms with Gasteiger partial charge < -0.3 is 4.90 Å². The lowest BCUT2D eigenvalue weighted by atomic mass is 10.2. The molecule has 72 valence electrons. The largest absolute Gasteiger partial charge is 0.327 e. The number of carbonyl (C=O) groups is 1. The minimum absolute atomic E-state index is 0.215. The summed E-state index contributed by atoms with van der Waals surface area (Å²) in [5.74, 6) is 0. The van der Waals surface area contributed by atoms with E-state index in [1.54, 1.807) is 4.90 Å². The lowest BCUT2D eigenvalue weighted by Crippen LogP contribution is -2.33. The molecule has 2 nitrogen and oxygen atoms in total. The molecule has 0 rings (SSSR count). The molecule has 0 aromatic heterocycles. The van der Waals surface area contributed by atoms with Crippen molar-refractivity contribution in [3.63, 3.8) is 0 Å². The van der Waals surface area contributed by atoms with Crippen molar-refractivity contribution in [1.29, 1.82) is 0 Å². The molecule has 0 radical (unpaired) electrons.